The monoisotopic (exact) mass is 549 g/mol. The molecule has 5 rings (SSSR count). The van der Waals surface area contributed by atoms with Crippen LogP contribution < -0.4 is 20.1 Å². The number of hydrogen-bond acceptors (Lipinski definition) is 6. The highest BCUT2D eigenvalue weighted by molar-refractivity contribution is 6.42. The number of fused-ring (bicyclic) bond motifs is 1. The van der Waals surface area contributed by atoms with Crippen LogP contribution in [-0.2, 0) is 17.9 Å². The number of aromatic nitrogens is 3. The smallest absolute Gasteiger partial charge is 0.251 e. The second kappa shape index (κ2) is 11.2. The molecule has 0 aliphatic carbocycles. The van der Waals surface area contributed by atoms with Crippen LogP contribution >= 0.6 is 23.2 Å². The Bertz CT molecular complexity index is 1500. The van der Waals surface area contributed by atoms with Crippen molar-refractivity contribution in [2.75, 3.05) is 12.4 Å². The minimum Gasteiger partial charge on any atom is -0.493 e. The highest BCUT2D eigenvalue weighted by atomic mass is 35.5. The number of nitrogens with one attached hydrogen (secondary N) is 2. The zero-order chi connectivity index (χ0) is 26.6. The summed E-state index contributed by atoms with van der Waals surface area (Å²) >= 11 is 12.2. The Morgan fingerprint density at radius 2 is 1.84 bits per heavy atom. The molecule has 194 valence electrons. The third-order valence-electron chi connectivity index (χ3n) is 6.22. The van der Waals surface area contributed by atoms with Gasteiger partial charge in [-0.1, -0.05) is 65.7 Å². The van der Waals surface area contributed by atoms with Gasteiger partial charge in [0.1, 0.15) is 19.0 Å². The topological polar surface area (TPSA) is 90.3 Å². The molecule has 4 aromatic rings. The maximum Gasteiger partial charge on any atom is 0.251 e. The van der Waals surface area contributed by atoms with E-state index in [0.29, 0.717) is 45.3 Å². The molecule has 0 radical (unpaired) electrons. The number of amides is 1. The number of anilines is 1. The summed E-state index contributed by atoms with van der Waals surface area (Å²) in [4.78, 5) is 17.8. The number of allylic oxidation sites excluding steroid dienone is 1. The van der Waals surface area contributed by atoms with Crippen LogP contribution in [0.1, 0.15) is 29.7 Å². The van der Waals surface area contributed by atoms with Gasteiger partial charge in [-0.2, -0.15) is 10.1 Å². The van der Waals surface area contributed by atoms with E-state index in [-0.39, 0.29) is 12.5 Å². The van der Waals surface area contributed by atoms with Crippen molar-refractivity contribution in [3.63, 3.8) is 0 Å². The Morgan fingerprint density at radius 3 is 2.61 bits per heavy atom. The lowest BCUT2D eigenvalue weighted by atomic mass is 9.94. The average molecular weight is 550 g/mol. The van der Waals surface area contributed by atoms with Crippen LogP contribution in [0, 0.1) is 0 Å². The van der Waals surface area contributed by atoms with Gasteiger partial charge >= 0.3 is 0 Å². The first kappa shape index (κ1) is 25.6. The third kappa shape index (κ3) is 5.32. The molecule has 0 bridgehead atoms. The standard InChI is InChI=1S/C28H25Cl2N5O3/c1-17-25(27(36)31-14-18-6-4-3-5-7-18)26(35-28(34-17)32-16-33-35)20-9-11-23(24(13-20)37-2)38-15-19-8-10-21(29)22(30)12-19/h3-13,16,26H,14-15H2,1-2H3,(H,31,36)(H,32,33,34)/t26-/m0/s1. The van der Waals surface area contributed by atoms with Crippen molar-refractivity contribution >= 4 is 35.1 Å². The first-order valence-corrected chi connectivity index (χ1v) is 12.6. The highest BCUT2D eigenvalue weighted by Gasteiger charge is 2.33. The Balaban J connectivity index is 1.43. The van der Waals surface area contributed by atoms with E-state index in [2.05, 4.69) is 20.7 Å². The van der Waals surface area contributed by atoms with E-state index in [1.165, 1.54) is 6.33 Å². The number of methoxy groups -OCH3 is 1. The van der Waals surface area contributed by atoms with Gasteiger partial charge in [0.05, 0.1) is 22.7 Å². The molecule has 2 N–H and O–H groups in total. The van der Waals surface area contributed by atoms with Gasteiger partial charge in [-0.15, -0.1) is 0 Å². The lowest BCUT2D eigenvalue weighted by Crippen LogP contribution is -2.34. The van der Waals surface area contributed by atoms with E-state index in [4.69, 9.17) is 32.7 Å². The van der Waals surface area contributed by atoms with Crippen molar-refractivity contribution in [2.45, 2.75) is 26.1 Å². The first-order valence-electron chi connectivity index (χ1n) is 11.9. The fraction of sp³-hybridized carbons (Fsp3) is 0.179. The zero-order valence-corrected chi connectivity index (χ0v) is 22.3. The highest BCUT2D eigenvalue weighted by Crippen LogP contribution is 2.38. The Labute approximate surface area is 230 Å². The summed E-state index contributed by atoms with van der Waals surface area (Å²) in [5.74, 6) is 1.41. The lowest BCUT2D eigenvalue weighted by molar-refractivity contribution is -0.118. The predicted octanol–water partition coefficient (Wildman–Crippen LogP) is 5.78. The number of carbonyl (C=O) groups is 1. The van der Waals surface area contributed by atoms with E-state index in [9.17, 15) is 4.79 Å². The van der Waals surface area contributed by atoms with Crippen molar-refractivity contribution in [2.24, 2.45) is 0 Å². The predicted molar refractivity (Wildman–Crippen MR) is 147 cm³/mol. The van der Waals surface area contributed by atoms with Crippen molar-refractivity contribution in [1.82, 2.24) is 20.1 Å². The maximum absolute atomic E-state index is 13.5. The van der Waals surface area contributed by atoms with E-state index in [0.717, 1.165) is 16.7 Å². The molecular weight excluding hydrogens is 525 g/mol. The molecule has 1 amide bonds. The molecule has 0 unspecified atom stereocenters. The van der Waals surface area contributed by atoms with Gasteiger partial charge in [-0.05, 0) is 47.9 Å². The molecule has 8 nitrogen and oxygen atoms in total. The van der Waals surface area contributed by atoms with Crippen LogP contribution in [0.2, 0.25) is 10.0 Å². The molecule has 0 saturated heterocycles. The second-order valence-electron chi connectivity index (χ2n) is 8.71. The van der Waals surface area contributed by atoms with Crippen LogP contribution in [0.25, 0.3) is 0 Å². The molecule has 1 aromatic heterocycles. The minimum atomic E-state index is -0.525. The molecule has 1 aliphatic rings. The van der Waals surface area contributed by atoms with Gasteiger partial charge in [0.15, 0.2) is 11.5 Å². The Kier molecular flexibility index (Phi) is 7.53. The number of nitrogens with zero attached hydrogens (tertiary/aromatic N) is 3. The van der Waals surface area contributed by atoms with Crippen LogP contribution in [0.4, 0.5) is 5.95 Å². The number of hydrogen-bond donors (Lipinski definition) is 2. The van der Waals surface area contributed by atoms with Gasteiger partial charge in [0, 0.05) is 12.2 Å². The molecular formula is C28H25Cl2N5O3. The second-order valence-corrected chi connectivity index (χ2v) is 9.52. The van der Waals surface area contributed by atoms with Crippen LogP contribution in [0.15, 0.2) is 84.3 Å². The summed E-state index contributed by atoms with van der Waals surface area (Å²) in [6.45, 7) is 2.53. The molecule has 0 spiro atoms. The van der Waals surface area contributed by atoms with Crippen molar-refractivity contribution in [3.8, 4) is 11.5 Å². The SMILES string of the molecule is COc1cc([C@H]2C(C(=O)NCc3ccccc3)=C(C)Nc3ncnn32)ccc1OCc1ccc(Cl)c(Cl)c1. The van der Waals surface area contributed by atoms with Crippen molar-refractivity contribution in [1.29, 1.82) is 0 Å². The zero-order valence-electron chi connectivity index (χ0n) is 20.7. The number of carbonyl (C=O) groups excluding carboxylic acids is 1. The van der Waals surface area contributed by atoms with E-state index >= 15 is 0 Å². The van der Waals surface area contributed by atoms with Gasteiger partial charge in [0.2, 0.25) is 5.95 Å². The molecule has 1 atom stereocenters. The molecule has 1 aliphatic heterocycles. The van der Waals surface area contributed by atoms with Gasteiger partial charge in [-0.3, -0.25) is 4.79 Å². The molecule has 3 aromatic carbocycles. The molecule has 0 fully saturated rings. The first-order chi connectivity index (χ1) is 18.4. The summed E-state index contributed by atoms with van der Waals surface area (Å²) in [5, 5.41) is 11.6. The fourth-order valence-corrected chi connectivity index (χ4v) is 4.65. The minimum absolute atomic E-state index is 0.205. The average Bonchev–Trinajstić information content (AvgIpc) is 3.40. The largest absolute Gasteiger partial charge is 0.493 e. The number of ether oxygens (including phenoxy) is 2. The summed E-state index contributed by atoms with van der Waals surface area (Å²) in [6.07, 6.45) is 1.46. The van der Waals surface area contributed by atoms with Crippen LogP contribution in [-0.4, -0.2) is 27.8 Å². The third-order valence-corrected chi connectivity index (χ3v) is 6.96. The van der Waals surface area contributed by atoms with Gasteiger partial charge in [-0.25, -0.2) is 4.68 Å². The number of benzene rings is 3. The van der Waals surface area contributed by atoms with E-state index in [1.54, 1.807) is 23.9 Å². The number of halogens is 2. The summed E-state index contributed by atoms with van der Waals surface area (Å²) < 4.78 is 13.4. The lowest BCUT2D eigenvalue weighted by Gasteiger charge is -2.29. The maximum atomic E-state index is 13.5. The Morgan fingerprint density at radius 1 is 1.03 bits per heavy atom. The molecule has 0 saturated carbocycles. The van der Waals surface area contributed by atoms with E-state index < -0.39 is 6.04 Å². The van der Waals surface area contributed by atoms with Crippen molar-refractivity contribution < 1.29 is 14.3 Å². The van der Waals surface area contributed by atoms with E-state index in [1.807, 2.05) is 61.5 Å². The van der Waals surface area contributed by atoms with Crippen LogP contribution in [0.5, 0.6) is 11.5 Å². The Hall–Kier alpha value is -4.01. The van der Waals surface area contributed by atoms with Gasteiger partial charge in [0.25, 0.3) is 5.91 Å². The molecule has 2 heterocycles. The summed E-state index contributed by atoms with van der Waals surface area (Å²) in [6, 6.07) is 20.1. The summed E-state index contributed by atoms with van der Waals surface area (Å²) in [7, 11) is 1.57. The molecule has 10 heteroatoms. The molecule has 38 heavy (non-hydrogen) atoms. The van der Waals surface area contributed by atoms with Crippen LogP contribution in [0.3, 0.4) is 0 Å². The van der Waals surface area contributed by atoms with Crippen molar-refractivity contribution in [3.05, 3.63) is 111 Å². The quantitative estimate of drug-likeness (QED) is 0.289. The fourth-order valence-electron chi connectivity index (χ4n) is 4.33. The summed E-state index contributed by atoms with van der Waals surface area (Å²) in [5.41, 5.74) is 3.89. The van der Waals surface area contributed by atoms with Gasteiger partial charge < -0.3 is 20.1 Å². The number of rotatable bonds is 8. The normalized spacial score (nSPS) is 14.5.